The highest BCUT2D eigenvalue weighted by Crippen LogP contribution is 2.31. The number of aryl methyl sites for hydroxylation is 1. The van der Waals surface area contributed by atoms with Gasteiger partial charge in [0.2, 0.25) is 5.69 Å². The maximum atomic E-state index is 4.66. The molecular formula is C15H15Br2N3. The van der Waals surface area contributed by atoms with E-state index in [4.69, 9.17) is 0 Å². The topological polar surface area (TPSA) is 18.4 Å². The Labute approximate surface area is 139 Å². The van der Waals surface area contributed by atoms with Crippen LogP contribution in [0.2, 0.25) is 0 Å². The SMILES string of the molecule is Cc1ccc([N+]2=NCC3=C2C2=[N+](C=CC2)C3)cc1.[Br-].[Br-]. The average Bonchev–Trinajstić information content (AvgIpc) is 3.01. The fraction of sp³-hybridized carbons (Fsp3) is 0.267. The van der Waals surface area contributed by atoms with Gasteiger partial charge in [-0.15, -0.1) is 0 Å². The monoisotopic (exact) mass is 395 g/mol. The Morgan fingerprint density at radius 2 is 1.85 bits per heavy atom. The lowest BCUT2D eigenvalue weighted by molar-refractivity contribution is -0.464. The van der Waals surface area contributed by atoms with Crippen molar-refractivity contribution in [3.8, 4) is 0 Å². The van der Waals surface area contributed by atoms with Gasteiger partial charge in [0.05, 0.1) is 6.42 Å². The van der Waals surface area contributed by atoms with Crippen LogP contribution in [-0.4, -0.2) is 28.1 Å². The van der Waals surface area contributed by atoms with Crippen molar-refractivity contribution in [3.05, 3.63) is 53.4 Å². The van der Waals surface area contributed by atoms with Crippen LogP contribution in [0, 0.1) is 6.92 Å². The predicted molar refractivity (Wildman–Crippen MR) is 69.3 cm³/mol. The van der Waals surface area contributed by atoms with Crippen molar-refractivity contribution in [2.24, 2.45) is 5.11 Å². The van der Waals surface area contributed by atoms with E-state index in [0.29, 0.717) is 0 Å². The van der Waals surface area contributed by atoms with Gasteiger partial charge in [0.25, 0.3) is 5.71 Å². The number of azo groups is 2. The van der Waals surface area contributed by atoms with Crippen molar-refractivity contribution in [2.75, 3.05) is 13.1 Å². The molecule has 0 fully saturated rings. The standard InChI is InChI=1S/C15H15N3.2BrH/c1-11-4-6-13(7-5-11)18-15-12(9-16-18)10-17-8-2-3-14(15)17;;/h2,4-8H,3,9-10H2,1H3;2*1H/q+2;;/p-2. The van der Waals surface area contributed by atoms with Crippen LogP contribution in [-0.2, 0) is 0 Å². The van der Waals surface area contributed by atoms with Gasteiger partial charge < -0.3 is 34.0 Å². The summed E-state index contributed by atoms with van der Waals surface area (Å²) in [4.78, 5) is 0. The number of benzene rings is 1. The van der Waals surface area contributed by atoms with E-state index in [1.165, 1.54) is 28.2 Å². The molecule has 3 nitrogen and oxygen atoms in total. The molecule has 3 aliphatic heterocycles. The van der Waals surface area contributed by atoms with Crippen LogP contribution >= 0.6 is 0 Å². The van der Waals surface area contributed by atoms with Crippen LogP contribution in [0.15, 0.2) is 52.9 Å². The summed E-state index contributed by atoms with van der Waals surface area (Å²) in [6, 6.07) is 8.60. The first-order valence-electron chi connectivity index (χ1n) is 6.39. The molecular weight excluding hydrogens is 382 g/mol. The molecule has 0 atom stereocenters. The summed E-state index contributed by atoms with van der Waals surface area (Å²) in [5.41, 5.74) is 6.66. The molecule has 0 N–H and O–H groups in total. The highest BCUT2D eigenvalue weighted by molar-refractivity contribution is 5.98. The summed E-state index contributed by atoms with van der Waals surface area (Å²) in [5, 5.41) is 4.66. The molecule has 1 aromatic carbocycles. The van der Waals surface area contributed by atoms with E-state index >= 15 is 0 Å². The maximum absolute atomic E-state index is 4.66. The third kappa shape index (κ3) is 2.23. The van der Waals surface area contributed by atoms with Gasteiger partial charge in [0.15, 0.2) is 12.7 Å². The van der Waals surface area contributed by atoms with Gasteiger partial charge in [-0.3, -0.25) is 0 Å². The molecule has 0 amide bonds. The van der Waals surface area contributed by atoms with E-state index in [2.05, 4.69) is 57.9 Å². The highest BCUT2D eigenvalue weighted by atomic mass is 79.9. The largest absolute Gasteiger partial charge is 1.00 e. The quantitative estimate of drug-likeness (QED) is 0.444. The van der Waals surface area contributed by atoms with Crippen molar-refractivity contribution in [3.63, 3.8) is 0 Å². The Morgan fingerprint density at radius 1 is 1.10 bits per heavy atom. The van der Waals surface area contributed by atoms with Crippen LogP contribution in [0.3, 0.4) is 0 Å². The first kappa shape index (κ1) is 15.3. The number of hydrogen-bond acceptors (Lipinski definition) is 1. The van der Waals surface area contributed by atoms with E-state index in [9.17, 15) is 0 Å². The second kappa shape index (κ2) is 5.74. The van der Waals surface area contributed by atoms with Gasteiger partial charge in [0.1, 0.15) is 12.1 Å². The summed E-state index contributed by atoms with van der Waals surface area (Å²) >= 11 is 0. The maximum Gasteiger partial charge on any atom is 0.312 e. The number of rotatable bonds is 1. The molecule has 0 bridgehead atoms. The van der Waals surface area contributed by atoms with Gasteiger partial charge in [-0.25, -0.2) is 0 Å². The van der Waals surface area contributed by atoms with Gasteiger partial charge in [-0.1, -0.05) is 17.7 Å². The molecule has 0 unspecified atom stereocenters. The molecule has 3 heterocycles. The Kier molecular flexibility index (Phi) is 4.39. The first-order chi connectivity index (χ1) is 8.83. The highest BCUT2D eigenvalue weighted by Gasteiger charge is 2.45. The van der Waals surface area contributed by atoms with Crippen LogP contribution < -0.4 is 34.0 Å². The van der Waals surface area contributed by atoms with Crippen molar-refractivity contribution in [2.45, 2.75) is 13.3 Å². The minimum absolute atomic E-state index is 0. The minimum atomic E-state index is 0. The normalized spacial score (nSPS) is 18.6. The number of allylic oxidation sites excluding steroid dienone is 2. The second-order valence-corrected chi connectivity index (χ2v) is 5.06. The molecule has 104 valence electrons. The number of hydrogen-bond donors (Lipinski definition) is 0. The van der Waals surface area contributed by atoms with Gasteiger partial charge in [-0.2, -0.15) is 4.58 Å². The molecule has 1 aromatic rings. The molecule has 3 aliphatic rings. The van der Waals surface area contributed by atoms with E-state index in [1.807, 2.05) is 0 Å². The summed E-state index contributed by atoms with van der Waals surface area (Å²) < 4.78 is 4.47. The van der Waals surface area contributed by atoms with Crippen LogP contribution in [0.1, 0.15) is 12.0 Å². The predicted octanol–water partition coefficient (Wildman–Crippen LogP) is -3.25. The summed E-state index contributed by atoms with van der Waals surface area (Å²) in [5.74, 6) is 0. The van der Waals surface area contributed by atoms with Crippen molar-refractivity contribution < 1.29 is 43.2 Å². The van der Waals surface area contributed by atoms with Crippen LogP contribution in [0.5, 0.6) is 0 Å². The lowest BCUT2D eigenvalue weighted by Gasteiger charge is -1.97. The zero-order valence-corrected chi connectivity index (χ0v) is 14.4. The molecule has 0 saturated carbocycles. The third-order valence-corrected chi connectivity index (χ3v) is 3.81. The Morgan fingerprint density at radius 3 is 2.60 bits per heavy atom. The lowest BCUT2D eigenvalue weighted by Crippen LogP contribution is -3.00. The average molecular weight is 397 g/mol. The zero-order chi connectivity index (χ0) is 12.1. The fourth-order valence-electron chi connectivity index (χ4n) is 2.88. The third-order valence-electron chi connectivity index (χ3n) is 3.81. The van der Waals surface area contributed by atoms with E-state index in [-0.39, 0.29) is 34.0 Å². The Hall–Kier alpha value is -1.07. The Bertz CT molecular complexity index is 667. The second-order valence-electron chi connectivity index (χ2n) is 5.06. The van der Waals surface area contributed by atoms with Gasteiger partial charge in [-0.05, 0) is 22.8 Å². The van der Waals surface area contributed by atoms with Gasteiger partial charge >= 0.3 is 5.70 Å². The lowest BCUT2D eigenvalue weighted by atomic mass is 10.1. The van der Waals surface area contributed by atoms with Crippen molar-refractivity contribution in [1.29, 1.82) is 0 Å². The molecule has 0 spiro atoms. The fourth-order valence-corrected chi connectivity index (χ4v) is 2.88. The molecule has 0 aliphatic carbocycles. The van der Waals surface area contributed by atoms with E-state index < -0.39 is 0 Å². The molecule has 0 aromatic heterocycles. The number of halogens is 2. The Balaban J connectivity index is 0.000000735. The smallest absolute Gasteiger partial charge is 0.312 e. The molecule has 5 heteroatoms. The van der Waals surface area contributed by atoms with Crippen LogP contribution in [0.25, 0.3) is 0 Å². The molecule has 0 radical (unpaired) electrons. The summed E-state index contributed by atoms with van der Waals surface area (Å²) in [6.07, 6.45) is 5.46. The van der Waals surface area contributed by atoms with Crippen molar-refractivity contribution in [1.82, 2.24) is 0 Å². The first-order valence-corrected chi connectivity index (χ1v) is 6.39. The summed E-state index contributed by atoms with van der Waals surface area (Å²) in [7, 11) is 0. The van der Waals surface area contributed by atoms with E-state index in [1.54, 1.807) is 0 Å². The number of fused-ring (bicyclic) bond motifs is 1. The number of nitrogens with zero attached hydrogens (tertiary/aromatic N) is 3. The molecule has 4 rings (SSSR count). The summed E-state index contributed by atoms with van der Waals surface area (Å²) in [6.45, 7) is 3.98. The van der Waals surface area contributed by atoms with E-state index in [0.717, 1.165) is 19.5 Å². The van der Waals surface area contributed by atoms with Crippen molar-refractivity contribution >= 4 is 11.4 Å². The molecule has 0 saturated heterocycles. The minimum Gasteiger partial charge on any atom is -1.00 e. The molecule has 20 heavy (non-hydrogen) atoms. The van der Waals surface area contributed by atoms with Gasteiger partial charge in [0, 0.05) is 12.1 Å². The zero-order valence-electron chi connectivity index (χ0n) is 11.2. The van der Waals surface area contributed by atoms with Crippen LogP contribution in [0.4, 0.5) is 5.69 Å².